The number of anilines is 2. The Kier molecular flexibility index (Phi) is 6.51. The van der Waals surface area contributed by atoms with Gasteiger partial charge in [-0.25, -0.2) is 15.0 Å². The van der Waals surface area contributed by atoms with Gasteiger partial charge in [-0.15, -0.1) is 11.3 Å². The van der Waals surface area contributed by atoms with Crippen LogP contribution >= 0.6 is 11.3 Å². The van der Waals surface area contributed by atoms with Crippen molar-refractivity contribution >= 4 is 33.9 Å². The van der Waals surface area contributed by atoms with Gasteiger partial charge < -0.3 is 20.7 Å². The third-order valence-corrected chi connectivity index (χ3v) is 8.53. The normalized spacial score (nSPS) is 24.8. The number of hydrogen-bond donors (Lipinski definition) is 2. The lowest BCUT2D eigenvalue weighted by molar-refractivity contribution is 0.285. The van der Waals surface area contributed by atoms with Crippen molar-refractivity contribution in [2.45, 2.75) is 64.3 Å². The van der Waals surface area contributed by atoms with Gasteiger partial charge in [-0.3, -0.25) is 0 Å². The second-order valence-corrected chi connectivity index (χ2v) is 10.9. The van der Waals surface area contributed by atoms with E-state index in [1.54, 1.807) is 0 Å². The molecule has 2 atom stereocenters. The monoisotopic (exact) mass is 491 g/mol. The van der Waals surface area contributed by atoms with Gasteiger partial charge in [-0.2, -0.15) is 5.26 Å². The molecule has 0 bridgehead atoms. The quantitative estimate of drug-likeness (QED) is 0.664. The number of rotatable bonds is 4. The minimum Gasteiger partial charge on any atom is -0.475 e. The maximum absolute atomic E-state index is 9.86. The number of aryl methyl sites for hydroxylation is 1. The first-order valence-electron chi connectivity index (χ1n) is 12.5. The molecule has 2 aliphatic heterocycles. The largest absolute Gasteiger partial charge is 0.475 e. The molecule has 2 aromatic rings. The Bertz CT molecular complexity index is 1230. The van der Waals surface area contributed by atoms with Crippen molar-refractivity contribution in [1.82, 2.24) is 15.3 Å². The average molecular weight is 492 g/mol. The van der Waals surface area contributed by atoms with Gasteiger partial charge in [0.05, 0.1) is 22.4 Å². The summed E-state index contributed by atoms with van der Waals surface area (Å²) >= 11 is 1.53. The van der Waals surface area contributed by atoms with E-state index >= 15 is 0 Å². The Balaban J connectivity index is 1.57. The highest BCUT2D eigenvalue weighted by Gasteiger charge is 2.44. The van der Waals surface area contributed by atoms with Crippen LogP contribution in [0.15, 0.2) is 22.8 Å². The topological polar surface area (TPSA) is 112 Å². The van der Waals surface area contributed by atoms with Crippen LogP contribution in [0.3, 0.4) is 0 Å². The van der Waals surface area contributed by atoms with E-state index in [1.165, 1.54) is 16.2 Å². The first-order chi connectivity index (χ1) is 17.0. The summed E-state index contributed by atoms with van der Waals surface area (Å²) in [4.78, 5) is 18.2. The number of hydrogen-bond acceptors (Lipinski definition) is 9. The van der Waals surface area contributed by atoms with Gasteiger partial charge in [0, 0.05) is 35.8 Å². The molecule has 1 fully saturated rings. The van der Waals surface area contributed by atoms with Crippen molar-refractivity contribution in [2.24, 2.45) is 4.99 Å². The van der Waals surface area contributed by atoms with Crippen LogP contribution < -0.4 is 16.0 Å². The molecule has 0 unspecified atom stereocenters. The van der Waals surface area contributed by atoms with E-state index in [-0.39, 0.29) is 0 Å². The molecule has 0 amide bonds. The van der Waals surface area contributed by atoms with Crippen LogP contribution in [-0.4, -0.2) is 48.1 Å². The molecule has 0 aromatic carbocycles. The van der Waals surface area contributed by atoms with E-state index in [1.807, 2.05) is 12.3 Å². The highest BCUT2D eigenvalue weighted by atomic mass is 32.1. The number of aliphatic imine (C=N–C) groups is 1. The first kappa shape index (κ1) is 23.8. The zero-order valence-electron chi connectivity index (χ0n) is 20.7. The number of nitrogens with zero attached hydrogens (tertiary/aromatic N) is 5. The minimum absolute atomic E-state index is 0.314. The summed E-state index contributed by atoms with van der Waals surface area (Å²) in [6.45, 7) is 9.79. The van der Waals surface area contributed by atoms with Crippen LogP contribution in [0, 0.1) is 11.3 Å². The lowest BCUT2D eigenvalue weighted by Gasteiger charge is -2.36. The molecule has 9 heteroatoms. The summed E-state index contributed by atoms with van der Waals surface area (Å²) in [6.07, 6.45) is 6.53. The van der Waals surface area contributed by atoms with E-state index < -0.39 is 5.41 Å². The van der Waals surface area contributed by atoms with Crippen LogP contribution in [0.1, 0.15) is 68.2 Å². The number of thiophene rings is 1. The SMILES string of the molecule is CCC1=C(c2ccnc(N3CCCNC[C@@H]3C)n2)N=C([C@@]2(C)CCCc3sc(N)c(C#N)c32)OC1. The fourth-order valence-electron chi connectivity index (χ4n) is 5.47. The molecule has 184 valence electrons. The molecule has 2 aromatic heterocycles. The highest BCUT2D eigenvalue weighted by Crippen LogP contribution is 2.47. The molecule has 4 heterocycles. The highest BCUT2D eigenvalue weighted by molar-refractivity contribution is 7.16. The molecule has 3 N–H and O–H groups in total. The van der Waals surface area contributed by atoms with E-state index in [0.29, 0.717) is 29.1 Å². The maximum atomic E-state index is 9.86. The molecule has 8 nitrogen and oxygen atoms in total. The van der Waals surface area contributed by atoms with Gasteiger partial charge >= 0.3 is 0 Å². The second kappa shape index (κ2) is 9.59. The molecule has 1 aliphatic carbocycles. The van der Waals surface area contributed by atoms with Gasteiger partial charge in [0.1, 0.15) is 17.7 Å². The fraction of sp³-hybridized carbons (Fsp3) is 0.538. The van der Waals surface area contributed by atoms with Crippen molar-refractivity contribution in [3.8, 4) is 6.07 Å². The molecular formula is C26H33N7OS. The summed E-state index contributed by atoms with van der Waals surface area (Å²) in [6, 6.07) is 4.60. The smallest absolute Gasteiger partial charge is 0.226 e. The van der Waals surface area contributed by atoms with E-state index in [2.05, 4.69) is 42.0 Å². The number of ether oxygens (including phenoxy) is 1. The van der Waals surface area contributed by atoms with E-state index in [9.17, 15) is 5.26 Å². The molecule has 5 rings (SSSR count). The van der Waals surface area contributed by atoms with Gasteiger partial charge in [-0.05, 0) is 64.1 Å². The number of nitrogen functional groups attached to an aromatic ring is 1. The van der Waals surface area contributed by atoms with Gasteiger partial charge in [0.25, 0.3) is 0 Å². The molecule has 1 saturated heterocycles. The maximum Gasteiger partial charge on any atom is 0.226 e. The lowest BCUT2D eigenvalue weighted by Crippen LogP contribution is -2.39. The fourth-order valence-corrected chi connectivity index (χ4v) is 6.66. The van der Waals surface area contributed by atoms with Crippen molar-refractivity contribution in [1.29, 1.82) is 5.26 Å². The molecule has 35 heavy (non-hydrogen) atoms. The Morgan fingerprint density at radius 2 is 2.26 bits per heavy atom. The van der Waals surface area contributed by atoms with Gasteiger partial charge in [-0.1, -0.05) is 6.92 Å². The summed E-state index contributed by atoms with van der Waals surface area (Å²) < 4.78 is 6.31. The zero-order chi connectivity index (χ0) is 24.6. The number of nitrogens with two attached hydrogens (primary N) is 1. The van der Waals surface area contributed by atoms with Crippen LogP contribution in [-0.2, 0) is 16.6 Å². The van der Waals surface area contributed by atoms with Gasteiger partial charge in [0.15, 0.2) is 5.90 Å². The number of aromatic nitrogens is 2. The standard InChI is InChI=1S/C26H33N7OS/c1-4-17-15-34-24(26(3)9-5-7-20-21(26)18(13-27)23(28)35-20)32-22(17)19-8-11-30-25(31-19)33-12-6-10-29-14-16(33)2/h8,11,16,29H,4-7,9-10,12,14-15,28H2,1-3H3/t16-,26-/m0/s1. The number of nitriles is 1. The van der Waals surface area contributed by atoms with Gasteiger partial charge in [0.2, 0.25) is 5.95 Å². The lowest BCUT2D eigenvalue weighted by atomic mass is 9.72. The molecule has 0 spiro atoms. The number of fused-ring (bicyclic) bond motifs is 1. The predicted octanol–water partition coefficient (Wildman–Crippen LogP) is 4.02. The summed E-state index contributed by atoms with van der Waals surface area (Å²) in [5.74, 6) is 1.40. The van der Waals surface area contributed by atoms with Crippen molar-refractivity contribution in [2.75, 3.05) is 36.9 Å². The molecular weight excluding hydrogens is 458 g/mol. The van der Waals surface area contributed by atoms with Crippen molar-refractivity contribution < 1.29 is 4.74 Å². The van der Waals surface area contributed by atoms with E-state index in [4.69, 9.17) is 20.4 Å². The minimum atomic E-state index is -0.488. The third kappa shape index (κ3) is 4.19. The van der Waals surface area contributed by atoms with Crippen LogP contribution in [0.5, 0.6) is 0 Å². The summed E-state index contributed by atoms with van der Waals surface area (Å²) in [7, 11) is 0. The van der Waals surface area contributed by atoms with Crippen LogP contribution in [0.4, 0.5) is 10.9 Å². The Morgan fingerprint density at radius 1 is 1.40 bits per heavy atom. The zero-order valence-corrected chi connectivity index (χ0v) is 21.5. The molecule has 3 aliphatic rings. The summed E-state index contributed by atoms with van der Waals surface area (Å²) in [5, 5.41) is 13.9. The Hall–Kier alpha value is -2.96. The first-order valence-corrected chi connectivity index (χ1v) is 13.3. The molecule has 0 radical (unpaired) electrons. The molecule has 0 saturated carbocycles. The predicted molar refractivity (Wildman–Crippen MR) is 141 cm³/mol. The third-order valence-electron chi connectivity index (χ3n) is 7.45. The number of nitrogens with one attached hydrogen (secondary N) is 1. The van der Waals surface area contributed by atoms with Crippen molar-refractivity contribution in [3.63, 3.8) is 0 Å². The Morgan fingerprint density at radius 3 is 3.06 bits per heavy atom. The second-order valence-electron chi connectivity index (χ2n) is 9.79. The van der Waals surface area contributed by atoms with E-state index in [0.717, 1.165) is 80.2 Å². The summed E-state index contributed by atoms with van der Waals surface area (Å²) in [5.41, 5.74) is 10.1. The average Bonchev–Trinajstić information content (AvgIpc) is 3.06. The van der Waals surface area contributed by atoms with Crippen LogP contribution in [0.25, 0.3) is 5.70 Å². The van der Waals surface area contributed by atoms with Crippen molar-refractivity contribution in [3.05, 3.63) is 39.5 Å². The van der Waals surface area contributed by atoms with Crippen LogP contribution in [0.2, 0.25) is 0 Å². The Labute approximate surface area is 210 Å².